The van der Waals surface area contributed by atoms with E-state index in [-0.39, 0.29) is 0 Å². The maximum Gasteiger partial charge on any atom is 0.0126 e. The van der Waals surface area contributed by atoms with E-state index in [9.17, 15) is 0 Å². The molecule has 1 aliphatic heterocycles. The molecule has 0 aromatic carbocycles. The van der Waals surface area contributed by atoms with Crippen LogP contribution in [0.4, 0.5) is 0 Å². The summed E-state index contributed by atoms with van der Waals surface area (Å²) in [6.45, 7) is 7.95. The Morgan fingerprint density at radius 1 is 0.950 bits per heavy atom. The number of likely N-dealkylation sites (tertiary alicyclic amines) is 1. The first-order chi connectivity index (χ1) is 9.72. The van der Waals surface area contributed by atoms with Gasteiger partial charge in [0, 0.05) is 6.04 Å². The minimum absolute atomic E-state index is 0.754. The third-order valence-electron chi connectivity index (χ3n) is 5.83. The highest BCUT2D eigenvalue weighted by atomic mass is 15.1. The molecule has 2 rings (SSSR count). The van der Waals surface area contributed by atoms with E-state index >= 15 is 0 Å². The van der Waals surface area contributed by atoms with Gasteiger partial charge >= 0.3 is 0 Å². The fourth-order valence-corrected chi connectivity index (χ4v) is 4.57. The van der Waals surface area contributed by atoms with Crippen LogP contribution in [0.3, 0.4) is 0 Å². The van der Waals surface area contributed by atoms with Crippen LogP contribution in [-0.4, -0.2) is 24.5 Å². The quantitative estimate of drug-likeness (QED) is 0.622. The van der Waals surface area contributed by atoms with Crippen LogP contribution in [-0.2, 0) is 0 Å². The van der Waals surface area contributed by atoms with E-state index in [4.69, 9.17) is 0 Å². The minimum atomic E-state index is 0.754. The molecule has 2 fully saturated rings. The maximum absolute atomic E-state index is 4.18. The average Bonchev–Trinajstić information content (AvgIpc) is 2.40. The van der Waals surface area contributed by atoms with E-state index in [0.717, 1.165) is 23.8 Å². The highest BCUT2D eigenvalue weighted by Gasteiger charge is 2.32. The molecule has 1 aliphatic carbocycles. The molecule has 1 heterocycles. The van der Waals surface area contributed by atoms with Crippen LogP contribution in [0.2, 0.25) is 0 Å². The summed E-state index contributed by atoms with van der Waals surface area (Å²) in [7, 11) is 2.37. The normalized spacial score (nSPS) is 38.3. The van der Waals surface area contributed by atoms with Gasteiger partial charge in [-0.15, -0.1) is 6.58 Å². The van der Waals surface area contributed by atoms with Gasteiger partial charge in [-0.05, 0) is 57.0 Å². The lowest BCUT2D eigenvalue weighted by molar-refractivity contribution is 0.0961. The molecule has 0 bridgehead atoms. The van der Waals surface area contributed by atoms with E-state index in [1.54, 1.807) is 0 Å². The van der Waals surface area contributed by atoms with E-state index < -0.39 is 0 Å². The van der Waals surface area contributed by atoms with Gasteiger partial charge in [-0.2, -0.15) is 0 Å². The zero-order chi connectivity index (χ0) is 14.4. The first-order valence-electron chi connectivity index (χ1n) is 9.05. The van der Waals surface area contributed by atoms with Crippen molar-refractivity contribution < 1.29 is 0 Å². The Balaban J connectivity index is 2.11. The van der Waals surface area contributed by atoms with Crippen LogP contribution in [0.1, 0.15) is 71.1 Å². The molecule has 0 spiro atoms. The average molecular weight is 277 g/mol. The molecule has 0 radical (unpaired) electrons. The first kappa shape index (κ1) is 16.1. The van der Waals surface area contributed by atoms with Gasteiger partial charge in [-0.25, -0.2) is 0 Å². The lowest BCUT2D eigenvalue weighted by Crippen LogP contribution is -2.43. The Morgan fingerprint density at radius 2 is 1.65 bits per heavy atom. The molecule has 0 N–H and O–H groups in total. The fraction of sp³-hybridized carbons (Fsp3) is 0.895. The van der Waals surface area contributed by atoms with E-state index in [1.807, 2.05) is 0 Å². The summed E-state index contributed by atoms with van der Waals surface area (Å²) in [6.07, 6.45) is 16.5. The summed E-state index contributed by atoms with van der Waals surface area (Å²) in [5.74, 6) is 2.51. The third kappa shape index (κ3) is 4.35. The van der Waals surface area contributed by atoms with Gasteiger partial charge < -0.3 is 4.90 Å². The number of hydrogen-bond donors (Lipinski definition) is 0. The Kier molecular flexibility index (Phi) is 6.61. The van der Waals surface area contributed by atoms with Gasteiger partial charge in [0.1, 0.15) is 0 Å². The highest BCUT2D eigenvalue weighted by molar-refractivity contribution is 4.93. The lowest BCUT2D eigenvalue weighted by atomic mass is 9.72. The predicted molar refractivity (Wildman–Crippen MR) is 88.9 cm³/mol. The van der Waals surface area contributed by atoms with Crippen LogP contribution in [0.15, 0.2) is 12.7 Å². The maximum atomic E-state index is 4.18. The molecule has 1 saturated heterocycles. The van der Waals surface area contributed by atoms with Crippen molar-refractivity contribution in [2.24, 2.45) is 17.8 Å². The molecule has 0 amide bonds. The molecule has 2 aliphatic rings. The van der Waals surface area contributed by atoms with E-state index in [1.165, 1.54) is 70.8 Å². The number of allylic oxidation sites excluding steroid dienone is 1. The predicted octanol–water partition coefficient (Wildman–Crippen LogP) is 5.27. The van der Waals surface area contributed by atoms with Crippen molar-refractivity contribution >= 4 is 0 Å². The standard InChI is InChI=1S/C19H35N/c1-4-17-12-9-8-11-16(2)15-18(17)19-13-7-5-6-10-14-20(19)3/h4,16-19H,1,5-15H2,2-3H3. The van der Waals surface area contributed by atoms with E-state index in [0.29, 0.717) is 0 Å². The van der Waals surface area contributed by atoms with Gasteiger partial charge in [0.25, 0.3) is 0 Å². The smallest absolute Gasteiger partial charge is 0.0126 e. The molecule has 1 heteroatoms. The molecule has 1 nitrogen and oxygen atoms in total. The molecule has 20 heavy (non-hydrogen) atoms. The summed E-state index contributed by atoms with van der Waals surface area (Å²) in [5, 5.41) is 0. The largest absolute Gasteiger partial charge is 0.303 e. The van der Waals surface area contributed by atoms with Crippen LogP contribution in [0.5, 0.6) is 0 Å². The number of rotatable bonds is 2. The Hall–Kier alpha value is -0.300. The molecule has 116 valence electrons. The molecule has 1 saturated carbocycles. The van der Waals surface area contributed by atoms with Gasteiger partial charge in [0.05, 0.1) is 0 Å². The molecular weight excluding hydrogens is 242 g/mol. The molecule has 0 aromatic heterocycles. The van der Waals surface area contributed by atoms with Gasteiger partial charge in [-0.3, -0.25) is 0 Å². The second-order valence-corrected chi connectivity index (χ2v) is 7.44. The Morgan fingerprint density at radius 3 is 2.45 bits per heavy atom. The van der Waals surface area contributed by atoms with Crippen LogP contribution < -0.4 is 0 Å². The monoisotopic (exact) mass is 277 g/mol. The van der Waals surface area contributed by atoms with Crippen molar-refractivity contribution in [3.63, 3.8) is 0 Å². The molecular formula is C19H35N. The molecule has 4 atom stereocenters. The third-order valence-corrected chi connectivity index (χ3v) is 5.83. The highest BCUT2D eigenvalue weighted by Crippen LogP contribution is 2.37. The summed E-state index contributed by atoms with van der Waals surface area (Å²) in [4.78, 5) is 2.69. The fourth-order valence-electron chi connectivity index (χ4n) is 4.57. The second kappa shape index (κ2) is 8.22. The van der Waals surface area contributed by atoms with Crippen molar-refractivity contribution in [2.45, 2.75) is 77.2 Å². The van der Waals surface area contributed by atoms with Crippen molar-refractivity contribution in [3.8, 4) is 0 Å². The minimum Gasteiger partial charge on any atom is -0.303 e. The van der Waals surface area contributed by atoms with Gasteiger partial charge in [0.2, 0.25) is 0 Å². The van der Waals surface area contributed by atoms with Crippen LogP contribution in [0.25, 0.3) is 0 Å². The SMILES string of the molecule is C=CC1CCCCC(C)CC1C1CCCCCCN1C. The summed E-state index contributed by atoms with van der Waals surface area (Å²) < 4.78 is 0. The Bertz CT molecular complexity index is 285. The van der Waals surface area contributed by atoms with Gasteiger partial charge in [-0.1, -0.05) is 51.5 Å². The summed E-state index contributed by atoms with van der Waals surface area (Å²) >= 11 is 0. The van der Waals surface area contributed by atoms with Crippen LogP contribution in [0, 0.1) is 17.8 Å². The van der Waals surface area contributed by atoms with Crippen molar-refractivity contribution in [3.05, 3.63) is 12.7 Å². The van der Waals surface area contributed by atoms with E-state index in [2.05, 4.69) is 31.5 Å². The van der Waals surface area contributed by atoms with Crippen molar-refractivity contribution in [1.82, 2.24) is 4.90 Å². The number of nitrogens with zero attached hydrogens (tertiary/aromatic N) is 1. The zero-order valence-corrected chi connectivity index (χ0v) is 13.8. The summed E-state index contributed by atoms with van der Waals surface area (Å²) in [6, 6.07) is 0.804. The summed E-state index contributed by atoms with van der Waals surface area (Å²) in [5.41, 5.74) is 0. The van der Waals surface area contributed by atoms with Crippen molar-refractivity contribution in [1.29, 1.82) is 0 Å². The first-order valence-corrected chi connectivity index (χ1v) is 9.05. The number of hydrogen-bond acceptors (Lipinski definition) is 1. The van der Waals surface area contributed by atoms with Crippen molar-refractivity contribution in [2.75, 3.05) is 13.6 Å². The second-order valence-electron chi connectivity index (χ2n) is 7.44. The molecule has 0 aromatic rings. The zero-order valence-electron chi connectivity index (χ0n) is 13.8. The van der Waals surface area contributed by atoms with Crippen LogP contribution >= 0.6 is 0 Å². The van der Waals surface area contributed by atoms with Gasteiger partial charge in [0.15, 0.2) is 0 Å². The Labute approximate surface area is 126 Å². The lowest BCUT2D eigenvalue weighted by Gasteiger charge is -2.41. The topological polar surface area (TPSA) is 3.24 Å². The molecule has 4 unspecified atom stereocenters.